The monoisotopic (exact) mass is 187 g/mol. The average Bonchev–Trinajstić information content (AvgIpc) is 2.39. The number of nitrogens with zero attached hydrogens (tertiary/aromatic N) is 2. The molecule has 60 valence electrons. The summed E-state index contributed by atoms with van der Waals surface area (Å²) in [5.41, 5.74) is 0. The van der Waals surface area contributed by atoms with Crippen LogP contribution in [-0.2, 0) is 0 Å². The Balaban J connectivity index is 2.60. The highest BCUT2D eigenvalue weighted by Gasteiger charge is 2.22. The molecular formula is C7H11N2S2+. The molecule has 0 bridgehead atoms. The highest BCUT2D eigenvalue weighted by atomic mass is 32.1. The molecule has 11 heavy (non-hydrogen) atoms. The fraction of sp³-hybridized carbons (Fsp3) is 0.571. The second-order valence-corrected chi connectivity index (χ2v) is 3.14. The molecule has 0 aromatic heterocycles. The molecule has 1 heterocycles. The van der Waals surface area contributed by atoms with Crippen molar-refractivity contribution in [2.45, 2.75) is 6.04 Å². The molecule has 0 atom stereocenters. The normalized spacial score (nSPS) is 16.9. The van der Waals surface area contributed by atoms with E-state index in [0.29, 0.717) is 0 Å². The van der Waals surface area contributed by atoms with Gasteiger partial charge in [0.05, 0.1) is 7.05 Å². The Bertz CT molecular complexity index is 193. The van der Waals surface area contributed by atoms with Crippen molar-refractivity contribution in [2.24, 2.45) is 0 Å². The molecule has 0 fully saturated rings. The van der Waals surface area contributed by atoms with Crippen LogP contribution < -0.4 is 0 Å². The maximum atomic E-state index is 4.84. The minimum Gasteiger partial charge on any atom is -0.267 e. The first-order valence-electron chi connectivity index (χ1n) is 3.49. The van der Waals surface area contributed by atoms with Gasteiger partial charge >= 0.3 is 0 Å². The van der Waals surface area contributed by atoms with Crippen molar-refractivity contribution in [3.05, 3.63) is 0 Å². The maximum Gasteiger partial charge on any atom is 0.234 e. The highest BCUT2D eigenvalue weighted by Crippen LogP contribution is 1.97. The van der Waals surface area contributed by atoms with Gasteiger partial charge in [-0.2, -0.15) is 0 Å². The summed E-state index contributed by atoms with van der Waals surface area (Å²) >= 11 is 9.69. The zero-order chi connectivity index (χ0) is 8.27. The van der Waals surface area contributed by atoms with Crippen molar-refractivity contribution < 1.29 is 4.58 Å². The molecule has 0 unspecified atom stereocenters. The lowest BCUT2D eigenvalue weighted by molar-refractivity contribution is -0.482. The fourth-order valence-corrected chi connectivity index (χ4v) is 1.63. The summed E-state index contributed by atoms with van der Waals surface area (Å²) in [7, 11) is 2.05. The first-order valence-corrected chi connectivity index (χ1v) is 4.44. The van der Waals surface area contributed by atoms with E-state index in [1.54, 1.807) is 10.7 Å². The van der Waals surface area contributed by atoms with Gasteiger partial charge in [-0.25, -0.2) is 0 Å². The summed E-state index contributed by atoms with van der Waals surface area (Å²) in [6, 6.07) is 0.143. The summed E-state index contributed by atoms with van der Waals surface area (Å²) < 4.78 is 2.13. The molecule has 1 aliphatic rings. The van der Waals surface area contributed by atoms with Gasteiger partial charge in [0.2, 0.25) is 6.34 Å². The maximum absolute atomic E-state index is 4.84. The lowest BCUT2D eigenvalue weighted by Gasteiger charge is -2.10. The van der Waals surface area contributed by atoms with E-state index < -0.39 is 0 Å². The van der Waals surface area contributed by atoms with Crippen LogP contribution in [0.4, 0.5) is 0 Å². The second kappa shape index (κ2) is 3.88. The first kappa shape index (κ1) is 8.74. The van der Waals surface area contributed by atoms with Crippen LogP contribution in [0.15, 0.2) is 0 Å². The predicted molar refractivity (Wildman–Crippen MR) is 54.9 cm³/mol. The molecule has 0 amide bonds. The van der Waals surface area contributed by atoms with E-state index in [2.05, 4.69) is 15.8 Å². The molecule has 1 rings (SSSR count). The summed E-state index contributed by atoms with van der Waals surface area (Å²) in [5.74, 6) is 0. The second-order valence-electron chi connectivity index (χ2n) is 2.60. The van der Waals surface area contributed by atoms with Gasteiger partial charge in [0.1, 0.15) is 13.1 Å². The van der Waals surface area contributed by atoms with Crippen molar-refractivity contribution in [2.75, 3.05) is 20.1 Å². The van der Waals surface area contributed by atoms with Crippen molar-refractivity contribution in [1.29, 1.82) is 0 Å². The average molecular weight is 187 g/mol. The summed E-state index contributed by atoms with van der Waals surface area (Å²) in [5, 5.41) is 3.39. The Morgan fingerprint density at radius 1 is 1.55 bits per heavy atom. The largest absolute Gasteiger partial charge is 0.267 e. The van der Waals surface area contributed by atoms with E-state index in [9.17, 15) is 0 Å². The summed E-state index contributed by atoms with van der Waals surface area (Å²) in [6.07, 6.45) is 2.05. The molecule has 0 spiro atoms. The van der Waals surface area contributed by atoms with Crippen LogP contribution in [0.1, 0.15) is 0 Å². The third kappa shape index (κ3) is 2.04. The number of likely N-dealkylation sites (N-methyl/N-ethyl adjacent to an activating group) is 1. The molecule has 1 aliphatic heterocycles. The quantitative estimate of drug-likeness (QED) is 0.465. The van der Waals surface area contributed by atoms with E-state index >= 15 is 0 Å². The molecule has 0 saturated heterocycles. The van der Waals surface area contributed by atoms with Crippen LogP contribution in [0.3, 0.4) is 0 Å². The van der Waals surface area contributed by atoms with Crippen LogP contribution in [0, 0.1) is 0 Å². The van der Waals surface area contributed by atoms with Gasteiger partial charge in [0.15, 0.2) is 6.04 Å². The van der Waals surface area contributed by atoms with E-state index in [1.807, 2.05) is 7.05 Å². The fourth-order valence-electron chi connectivity index (χ4n) is 1.06. The minimum absolute atomic E-state index is 0.143. The van der Waals surface area contributed by atoms with Gasteiger partial charge in [-0.15, -0.1) is 0 Å². The van der Waals surface area contributed by atoms with Gasteiger partial charge in [-0.05, 0) is 0 Å². The molecular weight excluding hydrogens is 176 g/mol. The highest BCUT2D eigenvalue weighted by molar-refractivity contribution is 7.80. The molecule has 0 saturated carbocycles. The Labute approximate surface area is 77.5 Å². The smallest absolute Gasteiger partial charge is 0.234 e. The van der Waals surface area contributed by atoms with Crippen molar-refractivity contribution in [3.8, 4) is 0 Å². The standard InChI is InChI=1S/C7H11N2S2/c1-8-2-3-9(6-8)7(4-10)5-11/h4-7H,2-3H2,1H3/q+1. The SMILES string of the molecule is C[N+]1=CN(C(C=S)C=S)CC1. The summed E-state index contributed by atoms with van der Waals surface area (Å²) in [4.78, 5) is 2.14. The Kier molecular flexibility index (Phi) is 3.08. The molecule has 4 heteroatoms. The molecule has 0 aromatic rings. The van der Waals surface area contributed by atoms with Crippen molar-refractivity contribution in [1.82, 2.24) is 4.90 Å². The van der Waals surface area contributed by atoms with Gasteiger partial charge in [-0.1, -0.05) is 24.4 Å². The van der Waals surface area contributed by atoms with Crippen LogP contribution in [0.5, 0.6) is 0 Å². The van der Waals surface area contributed by atoms with Crippen LogP contribution in [-0.4, -0.2) is 52.7 Å². The third-order valence-corrected chi connectivity index (χ3v) is 2.28. The lowest BCUT2D eigenvalue weighted by Crippen LogP contribution is -2.34. The number of hydrogen-bond donors (Lipinski definition) is 0. The molecule has 0 N–H and O–H groups in total. The molecule has 0 radical (unpaired) electrons. The summed E-state index contributed by atoms with van der Waals surface area (Å²) in [6.45, 7) is 2.07. The van der Waals surface area contributed by atoms with Crippen molar-refractivity contribution in [3.63, 3.8) is 0 Å². The number of hydrogen-bond acceptors (Lipinski definition) is 3. The zero-order valence-electron chi connectivity index (χ0n) is 6.43. The van der Waals surface area contributed by atoms with Crippen molar-refractivity contribution >= 4 is 41.5 Å². The van der Waals surface area contributed by atoms with E-state index in [-0.39, 0.29) is 6.04 Å². The predicted octanol–water partition coefficient (Wildman–Crippen LogP) is 0.341. The van der Waals surface area contributed by atoms with Crippen LogP contribution in [0.2, 0.25) is 0 Å². The van der Waals surface area contributed by atoms with E-state index in [1.165, 1.54) is 0 Å². The van der Waals surface area contributed by atoms with E-state index in [4.69, 9.17) is 24.4 Å². The van der Waals surface area contributed by atoms with E-state index in [0.717, 1.165) is 13.1 Å². The molecule has 0 aromatic carbocycles. The minimum atomic E-state index is 0.143. The molecule has 0 aliphatic carbocycles. The van der Waals surface area contributed by atoms with Gasteiger partial charge < -0.3 is 0 Å². The van der Waals surface area contributed by atoms with Gasteiger partial charge in [-0.3, -0.25) is 9.48 Å². The Hall–Kier alpha value is -0.350. The topological polar surface area (TPSA) is 6.25 Å². The Morgan fingerprint density at radius 2 is 2.18 bits per heavy atom. The number of rotatable bonds is 3. The van der Waals surface area contributed by atoms with Crippen LogP contribution in [0.25, 0.3) is 0 Å². The Morgan fingerprint density at radius 3 is 2.55 bits per heavy atom. The molecule has 2 nitrogen and oxygen atoms in total. The first-order chi connectivity index (χ1) is 5.27. The third-order valence-electron chi connectivity index (χ3n) is 1.72. The zero-order valence-corrected chi connectivity index (χ0v) is 8.07. The lowest BCUT2D eigenvalue weighted by atomic mass is 10.3. The number of thiocarbonyl (C=S) groups is 2. The van der Waals surface area contributed by atoms with Gasteiger partial charge in [0, 0.05) is 10.7 Å². The van der Waals surface area contributed by atoms with Gasteiger partial charge in [0.25, 0.3) is 0 Å². The van der Waals surface area contributed by atoms with Crippen LogP contribution >= 0.6 is 24.4 Å².